The van der Waals surface area contributed by atoms with E-state index >= 15 is 28.8 Å². The molecule has 0 saturated carbocycles. The number of phenols is 1. The van der Waals surface area contributed by atoms with Crippen molar-refractivity contribution in [2.45, 2.75) is 202 Å². The molecule has 17 amide bonds. The molecule has 3 aliphatic rings. The standard InChI is InChI=1S/C84H118N20O20S2/c1-10-11-21-64-77(117)91-45(4)71(111)99-63(73(113)90-39-69(87)109)42-126-43-70(110)92-58(31-47-23-25-50(106)26-24-47)80(120)100(6)46(5)72(112)94-60(35-68(86)108)82(122)103-28-16-22-65(103)78(118)97-61(36-85)75(115)95-57(30-44(2)3)83(123)104-40-51(107)34-67(104)79(119)93-56(32-48-37-88-54-19-14-12-17-52(48)54)74(114)98-62(41-105)76(116)96-59(33-49-38-89-55-20-15-13-18-53(49)55)81(121)102(8)66(27-29-125-9)84(124)101(64)7/h12-15,17-20,23-26,37-38,44-46,51,56-67,88-89,105-107H,10-11,16,21-22,27-36,39-43,85H2,1-9H3,(H2,86,108)(H2,87,109)(H,90,113)(H,91,117)(H,92,110)(H,93,119)(H,94,112)(H,95,115)(H,96,116)(H,97,118)(H,98,114)(H,99,111)/t45-,46-,51+,56-,57-,58-,59-,60-,61-,62-,63?,64-,65-,66-,67?/m0/s1. The van der Waals surface area contributed by atoms with Crippen molar-refractivity contribution >= 4 is 146 Å². The average Bonchev–Trinajstić information content (AvgIpc) is 1.61. The molecule has 15 atom stereocenters. The minimum absolute atomic E-state index is 0.00986. The molecule has 686 valence electrons. The van der Waals surface area contributed by atoms with Gasteiger partial charge in [0.2, 0.25) is 100 Å². The highest BCUT2D eigenvalue weighted by molar-refractivity contribution is 8.00. The Bertz CT molecular complexity index is 4760. The fraction of sp³-hybridized carbons (Fsp3) is 0.536. The smallest absolute Gasteiger partial charge is 0.246 e. The van der Waals surface area contributed by atoms with Gasteiger partial charge in [0.25, 0.3) is 0 Å². The molecule has 21 N–H and O–H groups in total. The van der Waals surface area contributed by atoms with Crippen LogP contribution in [-0.2, 0) is 101 Å². The van der Waals surface area contributed by atoms with Crippen molar-refractivity contribution in [3.8, 4) is 5.75 Å². The number of hydrogen-bond donors (Lipinski definition) is 18. The van der Waals surface area contributed by atoms with E-state index in [0.717, 1.165) is 36.3 Å². The van der Waals surface area contributed by atoms with Crippen molar-refractivity contribution in [3.63, 3.8) is 0 Å². The lowest BCUT2D eigenvalue weighted by Gasteiger charge is -2.36. The number of phenolic OH excluding ortho intramolecular Hbond substituents is 1. The van der Waals surface area contributed by atoms with Crippen LogP contribution >= 0.6 is 23.5 Å². The highest BCUT2D eigenvalue weighted by Gasteiger charge is 2.46. The summed E-state index contributed by atoms with van der Waals surface area (Å²) in [6.45, 7) is 4.94. The van der Waals surface area contributed by atoms with E-state index in [1.54, 1.807) is 81.0 Å². The first kappa shape index (κ1) is 99.5. The number of fused-ring (bicyclic) bond motifs is 4. The van der Waals surface area contributed by atoms with Gasteiger partial charge >= 0.3 is 0 Å². The summed E-state index contributed by atoms with van der Waals surface area (Å²) in [5.41, 5.74) is 19.9. The number of carbonyl (C=O) groups is 17. The Hall–Kier alpha value is -11.9. The molecule has 8 rings (SSSR count). The quantitative estimate of drug-likeness (QED) is 0.0337. The number of H-pyrrole nitrogens is 2. The van der Waals surface area contributed by atoms with Gasteiger partial charge in [-0.05, 0) is 105 Å². The monoisotopic (exact) mass is 1790 g/mol. The van der Waals surface area contributed by atoms with E-state index in [9.17, 15) is 68.1 Å². The molecule has 42 heteroatoms. The van der Waals surface area contributed by atoms with Gasteiger partial charge in [-0.1, -0.05) is 82.1 Å². The van der Waals surface area contributed by atoms with Gasteiger partial charge in [0, 0.05) is 106 Å². The van der Waals surface area contributed by atoms with Crippen LogP contribution in [0.3, 0.4) is 0 Å². The number of amides is 17. The molecule has 2 aromatic heterocycles. The zero-order chi connectivity index (χ0) is 92.5. The third-order valence-electron chi connectivity index (χ3n) is 22.5. The van der Waals surface area contributed by atoms with E-state index in [1.165, 1.54) is 71.0 Å². The highest BCUT2D eigenvalue weighted by Crippen LogP contribution is 2.28. The number of likely N-dealkylation sites (N-methyl/N-ethyl adjacent to an activating group) is 3. The zero-order valence-corrected chi connectivity index (χ0v) is 73.7. The normalized spacial score (nSPS) is 25.8. The van der Waals surface area contributed by atoms with Gasteiger partial charge in [-0.3, -0.25) is 81.5 Å². The lowest BCUT2D eigenvalue weighted by Crippen LogP contribution is -2.62. The minimum Gasteiger partial charge on any atom is -0.508 e. The first-order chi connectivity index (χ1) is 59.9. The molecule has 0 aliphatic carbocycles. The number of hydrogen-bond acceptors (Lipinski definition) is 23. The summed E-state index contributed by atoms with van der Waals surface area (Å²) < 4.78 is 0. The summed E-state index contributed by atoms with van der Waals surface area (Å²) in [6, 6.07) is -1.83. The number of primary amides is 2. The number of aliphatic hydroxyl groups is 2. The predicted octanol–water partition coefficient (Wildman–Crippen LogP) is -3.62. The number of rotatable bonds is 21. The molecule has 3 aromatic carbocycles. The van der Waals surface area contributed by atoms with Crippen LogP contribution < -0.4 is 70.4 Å². The molecule has 126 heavy (non-hydrogen) atoms. The molecule has 3 saturated heterocycles. The van der Waals surface area contributed by atoms with Crippen LogP contribution in [0, 0.1) is 5.92 Å². The Morgan fingerprint density at radius 3 is 1.73 bits per heavy atom. The second-order valence-electron chi connectivity index (χ2n) is 32.3. The minimum atomic E-state index is -1.87. The first-order valence-corrected chi connectivity index (χ1v) is 44.3. The summed E-state index contributed by atoms with van der Waals surface area (Å²) in [4.78, 5) is 257. The molecule has 0 spiro atoms. The third kappa shape index (κ3) is 26.8. The number of aliphatic hydroxyl groups excluding tert-OH is 2. The van der Waals surface area contributed by atoms with Crippen LogP contribution in [0.2, 0.25) is 0 Å². The van der Waals surface area contributed by atoms with Gasteiger partial charge in [0.15, 0.2) is 0 Å². The largest absolute Gasteiger partial charge is 0.508 e. The van der Waals surface area contributed by atoms with Crippen molar-refractivity contribution in [2.24, 2.45) is 23.1 Å². The van der Waals surface area contributed by atoms with Gasteiger partial charge in [-0.15, -0.1) is 11.8 Å². The highest BCUT2D eigenvalue weighted by atomic mass is 32.2. The second-order valence-corrected chi connectivity index (χ2v) is 34.3. The predicted molar refractivity (Wildman–Crippen MR) is 467 cm³/mol. The number of benzene rings is 3. The molecule has 3 fully saturated rings. The van der Waals surface area contributed by atoms with Crippen molar-refractivity contribution in [3.05, 3.63) is 102 Å². The number of nitrogens with zero attached hydrogens (tertiary/aromatic N) is 5. The average molecular weight is 1790 g/mol. The van der Waals surface area contributed by atoms with Gasteiger partial charge in [0.1, 0.15) is 90.3 Å². The van der Waals surface area contributed by atoms with E-state index in [-0.39, 0.29) is 81.8 Å². The lowest BCUT2D eigenvalue weighted by molar-refractivity contribution is -0.149. The number of unbranched alkanes of at least 4 members (excludes halogenated alkanes) is 1. The number of aromatic amines is 2. The fourth-order valence-electron chi connectivity index (χ4n) is 15.4. The lowest BCUT2D eigenvalue weighted by atomic mass is 10.0. The molecule has 40 nitrogen and oxygen atoms in total. The molecule has 0 bridgehead atoms. The van der Waals surface area contributed by atoms with Gasteiger partial charge < -0.3 is 120 Å². The Morgan fingerprint density at radius 2 is 1.13 bits per heavy atom. The van der Waals surface area contributed by atoms with Crippen molar-refractivity contribution < 1.29 is 96.8 Å². The molecule has 2 unspecified atom stereocenters. The molecule has 5 heterocycles. The van der Waals surface area contributed by atoms with E-state index in [2.05, 4.69) is 63.1 Å². The Kier molecular flexibility index (Phi) is 37.0. The molecule has 3 aliphatic heterocycles. The van der Waals surface area contributed by atoms with E-state index in [1.807, 2.05) is 6.92 Å². The number of thioether (sulfide) groups is 2. The Morgan fingerprint density at radius 1 is 0.579 bits per heavy atom. The van der Waals surface area contributed by atoms with E-state index < -0.39 is 235 Å². The number of para-hydroxylation sites is 2. The van der Waals surface area contributed by atoms with E-state index in [4.69, 9.17) is 17.2 Å². The van der Waals surface area contributed by atoms with Crippen LogP contribution in [0.15, 0.2) is 85.2 Å². The number of nitrogens with two attached hydrogens (primary N) is 3. The molecule has 5 aromatic rings. The van der Waals surface area contributed by atoms with Gasteiger partial charge in [-0.25, -0.2) is 0 Å². The molecular weight excluding hydrogens is 1670 g/mol. The SMILES string of the molecule is CCCC[C@H]1C(=O)N[C@@H](C)C(=O)NC(C(=O)NCC(N)=O)CSCC(=O)N[C@@H](Cc2ccc(O)cc2)C(=O)N(C)[C@@H](C)C(=O)N[C@@H](CC(N)=O)C(=O)N2CCC[C@H]2C(=O)N[C@@H](CN)C(=O)N[C@@H](CC(C)C)C(=O)N2C[C@H](O)CC2C(=O)N[C@@H](Cc2c[nH]c3ccccc23)C(=O)N[C@@H](CO)C(=O)N[C@@H](Cc2c[nH]c3ccccc23)C(=O)N(C)[C@@H](CCSC)C(=O)N1C. The second kappa shape index (κ2) is 46.9. The van der Waals surface area contributed by atoms with E-state index in [0.29, 0.717) is 51.3 Å². The number of aromatic nitrogens is 2. The number of aromatic hydroxyl groups is 1. The number of carbonyl (C=O) groups excluding carboxylic acids is 17. The first-order valence-electron chi connectivity index (χ1n) is 41.8. The van der Waals surface area contributed by atoms with Crippen molar-refractivity contribution in [1.29, 1.82) is 0 Å². The summed E-state index contributed by atoms with van der Waals surface area (Å²) >= 11 is 2.12. The third-order valence-corrected chi connectivity index (χ3v) is 24.2. The summed E-state index contributed by atoms with van der Waals surface area (Å²) in [6.07, 6.45) is 2.63. The van der Waals surface area contributed by atoms with Crippen molar-refractivity contribution in [2.75, 3.05) is 77.4 Å². The van der Waals surface area contributed by atoms with Crippen LogP contribution in [-0.4, -0.2) is 318 Å². The molecule has 0 radical (unpaired) electrons. The maximum atomic E-state index is 15.6. The summed E-state index contributed by atoms with van der Waals surface area (Å²) in [5, 5.41) is 59.7. The fourth-order valence-corrected chi connectivity index (χ4v) is 16.7. The van der Waals surface area contributed by atoms with Crippen LogP contribution in [0.1, 0.15) is 109 Å². The topological polar surface area (TPSA) is 597 Å². The maximum absolute atomic E-state index is 15.6. The van der Waals surface area contributed by atoms with Gasteiger partial charge in [0.05, 0.1) is 31.4 Å². The summed E-state index contributed by atoms with van der Waals surface area (Å²) in [7, 11) is 3.90. The van der Waals surface area contributed by atoms with Crippen LogP contribution in [0.25, 0.3) is 21.8 Å². The Labute approximate surface area is 737 Å². The van der Waals surface area contributed by atoms with Crippen molar-refractivity contribution in [1.82, 2.24) is 87.6 Å². The van der Waals surface area contributed by atoms with Gasteiger partial charge in [-0.2, -0.15) is 11.8 Å². The maximum Gasteiger partial charge on any atom is 0.246 e. The van der Waals surface area contributed by atoms with Crippen LogP contribution in [0.4, 0.5) is 0 Å². The Balaban J connectivity index is 1.16. The summed E-state index contributed by atoms with van der Waals surface area (Å²) in [5.74, 6) is -17.1. The van der Waals surface area contributed by atoms with Crippen LogP contribution in [0.5, 0.6) is 5.75 Å². The number of nitrogens with one attached hydrogen (secondary N) is 12. The molecular formula is C84H118N20O20S2. The zero-order valence-electron chi connectivity index (χ0n) is 72.0.